The zero-order chi connectivity index (χ0) is 15.0. The topological polar surface area (TPSA) is 3.24 Å². The lowest BCUT2D eigenvalue weighted by Gasteiger charge is -2.35. The van der Waals surface area contributed by atoms with Gasteiger partial charge in [0.05, 0.1) is 6.04 Å². The first-order chi connectivity index (χ1) is 9.74. The van der Waals surface area contributed by atoms with Crippen molar-refractivity contribution in [1.29, 1.82) is 0 Å². The molecule has 1 aliphatic carbocycles. The standard InChI is InChI=1S/C17H21N.C2H6/c1-4-17(16-13-9-8-10-14(16)2)18(3)15-11-6-5-7-12-15;1-2/h4-8,10-12,16-17H,1-2,9,13H2,3H3;1-2H3. The fourth-order valence-corrected chi connectivity index (χ4v) is 2.64. The Morgan fingerprint density at radius 1 is 1.25 bits per heavy atom. The molecule has 2 rings (SSSR count). The van der Waals surface area contributed by atoms with Crippen LogP contribution in [0.2, 0.25) is 0 Å². The second-order valence-electron chi connectivity index (χ2n) is 4.83. The monoisotopic (exact) mass is 269 g/mol. The third kappa shape index (κ3) is 3.86. The maximum Gasteiger partial charge on any atom is 0.0535 e. The fraction of sp³-hybridized carbons (Fsp3) is 0.368. The zero-order valence-corrected chi connectivity index (χ0v) is 13.0. The van der Waals surface area contributed by atoms with Crippen LogP contribution in [0.1, 0.15) is 26.7 Å². The van der Waals surface area contributed by atoms with E-state index in [-0.39, 0.29) is 0 Å². The van der Waals surface area contributed by atoms with Gasteiger partial charge in [0, 0.05) is 18.7 Å². The number of rotatable bonds is 4. The molecule has 0 amide bonds. The third-order valence-electron chi connectivity index (χ3n) is 3.72. The Labute approximate surface area is 124 Å². The molecule has 108 valence electrons. The molecule has 1 heteroatoms. The summed E-state index contributed by atoms with van der Waals surface area (Å²) in [6, 6.07) is 10.8. The molecule has 0 heterocycles. The number of nitrogens with zero attached hydrogens (tertiary/aromatic N) is 1. The van der Waals surface area contributed by atoms with E-state index in [9.17, 15) is 0 Å². The minimum Gasteiger partial charge on any atom is -0.368 e. The largest absolute Gasteiger partial charge is 0.368 e. The molecule has 2 atom stereocenters. The van der Waals surface area contributed by atoms with Crippen LogP contribution < -0.4 is 4.90 Å². The van der Waals surface area contributed by atoms with Crippen LogP contribution in [0.15, 0.2) is 67.3 Å². The van der Waals surface area contributed by atoms with Crippen molar-refractivity contribution in [3.8, 4) is 0 Å². The van der Waals surface area contributed by atoms with Crippen molar-refractivity contribution in [3.05, 3.63) is 67.3 Å². The zero-order valence-electron chi connectivity index (χ0n) is 13.0. The third-order valence-corrected chi connectivity index (χ3v) is 3.72. The summed E-state index contributed by atoms with van der Waals surface area (Å²) >= 11 is 0. The summed E-state index contributed by atoms with van der Waals surface area (Å²) in [6.07, 6.45) is 8.70. The number of para-hydroxylation sites is 1. The summed E-state index contributed by atoms with van der Waals surface area (Å²) in [7, 11) is 2.13. The summed E-state index contributed by atoms with van der Waals surface area (Å²) in [6.45, 7) is 12.2. The lowest BCUT2D eigenvalue weighted by Crippen LogP contribution is -2.37. The maximum atomic E-state index is 4.18. The van der Waals surface area contributed by atoms with Crippen molar-refractivity contribution in [3.63, 3.8) is 0 Å². The van der Waals surface area contributed by atoms with E-state index >= 15 is 0 Å². The normalized spacial score (nSPS) is 18.8. The second kappa shape index (κ2) is 8.42. The molecule has 1 aromatic carbocycles. The Kier molecular flexibility index (Phi) is 6.86. The molecule has 0 saturated carbocycles. The molecule has 2 unspecified atom stereocenters. The van der Waals surface area contributed by atoms with Crippen LogP contribution in [0.25, 0.3) is 0 Å². The summed E-state index contributed by atoms with van der Waals surface area (Å²) in [5, 5.41) is 0. The molecule has 0 aromatic heterocycles. The smallest absolute Gasteiger partial charge is 0.0535 e. The SMILES string of the molecule is C=CC(C1CCC=CC1=C)N(C)c1ccccc1.CC. The molecule has 0 spiro atoms. The molecule has 0 N–H and O–H groups in total. The van der Waals surface area contributed by atoms with E-state index in [1.54, 1.807) is 0 Å². The van der Waals surface area contributed by atoms with Gasteiger partial charge >= 0.3 is 0 Å². The van der Waals surface area contributed by atoms with Crippen molar-refractivity contribution in [2.75, 3.05) is 11.9 Å². The molecule has 20 heavy (non-hydrogen) atoms. The predicted octanol–water partition coefficient (Wildman–Crippen LogP) is 5.23. The number of anilines is 1. The van der Waals surface area contributed by atoms with E-state index in [0.717, 1.165) is 12.8 Å². The van der Waals surface area contributed by atoms with Crippen LogP contribution in [0, 0.1) is 5.92 Å². The molecule has 0 saturated heterocycles. The first-order valence-corrected chi connectivity index (χ1v) is 7.50. The Morgan fingerprint density at radius 3 is 2.45 bits per heavy atom. The van der Waals surface area contributed by atoms with Crippen molar-refractivity contribution in [1.82, 2.24) is 0 Å². The van der Waals surface area contributed by atoms with Gasteiger partial charge in [0.15, 0.2) is 0 Å². The van der Waals surface area contributed by atoms with Crippen molar-refractivity contribution < 1.29 is 0 Å². The van der Waals surface area contributed by atoms with Gasteiger partial charge in [-0.05, 0) is 25.0 Å². The van der Waals surface area contributed by atoms with Gasteiger partial charge in [-0.3, -0.25) is 0 Å². The maximum absolute atomic E-state index is 4.18. The minimum atomic E-state index is 0.310. The molecular weight excluding hydrogens is 242 g/mol. The van der Waals surface area contributed by atoms with E-state index in [2.05, 4.69) is 61.5 Å². The van der Waals surface area contributed by atoms with Crippen molar-refractivity contribution >= 4 is 5.69 Å². The minimum absolute atomic E-state index is 0.310. The van der Waals surface area contributed by atoms with E-state index in [1.165, 1.54) is 11.3 Å². The van der Waals surface area contributed by atoms with Gasteiger partial charge in [-0.25, -0.2) is 0 Å². The molecular formula is C19H27N. The average Bonchev–Trinajstić information content (AvgIpc) is 2.52. The Balaban J connectivity index is 0.000000956. The number of hydrogen-bond acceptors (Lipinski definition) is 1. The predicted molar refractivity (Wildman–Crippen MR) is 91.2 cm³/mol. The summed E-state index contributed by atoms with van der Waals surface area (Å²) in [5.74, 6) is 0.470. The highest BCUT2D eigenvalue weighted by Gasteiger charge is 2.25. The van der Waals surface area contributed by atoms with Gasteiger partial charge in [-0.2, -0.15) is 0 Å². The van der Waals surface area contributed by atoms with Crippen LogP contribution in [0.4, 0.5) is 5.69 Å². The quantitative estimate of drug-likeness (QED) is 0.677. The average molecular weight is 269 g/mol. The van der Waals surface area contributed by atoms with E-state index in [1.807, 2.05) is 26.0 Å². The van der Waals surface area contributed by atoms with Gasteiger partial charge in [0.25, 0.3) is 0 Å². The molecule has 0 radical (unpaired) electrons. The van der Waals surface area contributed by atoms with Crippen LogP contribution >= 0.6 is 0 Å². The van der Waals surface area contributed by atoms with E-state index < -0.39 is 0 Å². The first kappa shape index (κ1) is 16.3. The second-order valence-corrected chi connectivity index (χ2v) is 4.83. The van der Waals surface area contributed by atoms with Crippen molar-refractivity contribution in [2.24, 2.45) is 5.92 Å². The highest BCUT2D eigenvalue weighted by Crippen LogP contribution is 2.30. The molecule has 1 aromatic rings. The number of likely N-dealkylation sites (N-methyl/N-ethyl adjacent to an activating group) is 1. The fourth-order valence-electron chi connectivity index (χ4n) is 2.64. The molecule has 1 aliphatic rings. The summed E-state index contributed by atoms with van der Waals surface area (Å²) in [4.78, 5) is 2.29. The van der Waals surface area contributed by atoms with E-state index in [4.69, 9.17) is 0 Å². The number of hydrogen-bond donors (Lipinski definition) is 0. The first-order valence-electron chi connectivity index (χ1n) is 7.50. The highest BCUT2D eigenvalue weighted by atomic mass is 15.1. The van der Waals surface area contributed by atoms with Gasteiger partial charge in [0.2, 0.25) is 0 Å². The van der Waals surface area contributed by atoms with Gasteiger partial charge in [-0.1, -0.05) is 62.4 Å². The summed E-state index contributed by atoms with van der Waals surface area (Å²) < 4.78 is 0. The molecule has 0 fully saturated rings. The van der Waals surface area contributed by atoms with Crippen LogP contribution in [0.3, 0.4) is 0 Å². The van der Waals surface area contributed by atoms with Crippen molar-refractivity contribution in [2.45, 2.75) is 32.7 Å². The van der Waals surface area contributed by atoms with Crippen LogP contribution in [-0.4, -0.2) is 13.1 Å². The number of benzene rings is 1. The lowest BCUT2D eigenvalue weighted by atomic mass is 9.83. The molecule has 1 nitrogen and oxygen atoms in total. The Bertz CT molecular complexity index is 444. The summed E-state index contributed by atoms with van der Waals surface area (Å²) in [5.41, 5.74) is 2.44. The molecule has 0 aliphatic heterocycles. The number of allylic oxidation sites excluding steroid dienone is 2. The molecule has 0 bridgehead atoms. The Hall–Kier alpha value is -1.76. The van der Waals surface area contributed by atoms with Gasteiger partial charge in [-0.15, -0.1) is 6.58 Å². The van der Waals surface area contributed by atoms with E-state index in [0.29, 0.717) is 12.0 Å². The van der Waals surface area contributed by atoms with Gasteiger partial charge < -0.3 is 4.90 Å². The van der Waals surface area contributed by atoms with Gasteiger partial charge in [0.1, 0.15) is 0 Å². The van der Waals surface area contributed by atoms with Crippen LogP contribution in [0.5, 0.6) is 0 Å². The highest BCUT2D eigenvalue weighted by molar-refractivity contribution is 5.48. The lowest BCUT2D eigenvalue weighted by molar-refractivity contribution is 0.493. The Morgan fingerprint density at radius 2 is 1.90 bits per heavy atom. The van der Waals surface area contributed by atoms with Crippen LogP contribution in [-0.2, 0) is 0 Å².